The molecule has 1 heterocycles. The van der Waals surface area contributed by atoms with Crippen LogP contribution in [0.5, 0.6) is 0 Å². The lowest BCUT2D eigenvalue weighted by Crippen LogP contribution is -2.36. The van der Waals surface area contributed by atoms with Gasteiger partial charge in [-0.3, -0.25) is 9.69 Å². The Morgan fingerprint density at radius 2 is 1.68 bits per heavy atom. The van der Waals surface area contributed by atoms with Gasteiger partial charge >= 0.3 is 0 Å². The predicted octanol–water partition coefficient (Wildman–Crippen LogP) is 2.61. The summed E-state index contributed by atoms with van der Waals surface area (Å²) in [6, 6.07) is 8.06. The van der Waals surface area contributed by atoms with Crippen LogP contribution in [0.15, 0.2) is 24.3 Å². The van der Waals surface area contributed by atoms with Crippen LogP contribution < -0.4 is 5.73 Å². The molecule has 3 heteroatoms. The van der Waals surface area contributed by atoms with Crippen LogP contribution in [0.1, 0.15) is 50.8 Å². The lowest BCUT2D eigenvalue weighted by Gasteiger charge is -2.26. The largest absolute Gasteiger partial charge is 0.368 e. The van der Waals surface area contributed by atoms with Crippen LogP contribution in [0.4, 0.5) is 0 Å². The number of likely N-dealkylation sites (tertiary alicyclic amines) is 1. The molecule has 2 rings (SSSR count). The van der Waals surface area contributed by atoms with Gasteiger partial charge in [-0.25, -0.2) is 0 Å². The molecule has 0 bridgehead atoms. The van der Waals surface area contributed by atoms with Crippen LogP contribution in [0.25, 0.3) is 0 Å². The van der Waals surface area contributed by atoms with Crippen molar-refractivity contribution in [2.24, 2.45) is 5.73 Å². The Labute approximate surface area is 115 Å². The number of primary amides is 1. The number of carbonyl (C=O) groups excluding carboxylic acids is 1. The Kier molecular flexibility index (Phi) is 3.95. The van der Waals surface area contributed by atoms with E-state index in [-0.39, 0.29) is 17.4 Å². The van der Waals surface area contributed by atoms with Crippen molar-refractivity contribution in [2.45, 2.75) is 45.1 Å². The lowest BCUT2D eigenvalue weighted by atomic mass is 9.86. The molecule has 0 aromatic heterocycles. The van der Waals surface area contributed by atoms with E-state index >= 15 is 0 Å². The summed E-state index contributed by atoms with van der Waals surface area (Å²) in [4.78, 5) is 13.9. The van der Waals surface area contributed by atoms with E-state index in [0.29, 0.717) is 0 Å². The maximum Gasteiger partial charge on any atom is 0.239 e. The van der Waals surface area contributed by atoms with Gasteiger partial charge in [0.05, 0.1) is 0 Å². The predicted molar refractivity (Wildman–Crippen MR) is 77.9 cm³/mol. The lowest BCUT2D eigenvalue weighted by molar-refractivity contribution is -0.123. The van der Waals surface area contributed by atoms with E-state index in [4.69, 9.17) is 5.73 Å². The number of hydrogen-bond acceptors (Lipinski definition) is 2. The molecule has 0 spiro atoms. The van der Waals surface area contributed by atoms with Crippen LogP contribution in [0.3, 0.4) is 0 Å². The number of hydrogen-bond donors (Lipinski definition) is 1. The third-order valence-corrected chi connectivity index (χ3v) is 3.87. The third kappa shape index (κ3) is 3.16. The molecule has 1 fully saturated rings. The number of nitrogens with two attached hydrogens (primary N) is 1. The highest BCUT2D eigenvalue weighted by Crippen LogP contribution is 2.28. The zero-order valence-corrected chi connectivity index (χ0v) is 12.1. The standard InChI is InChI=1S/C16H24N2O/c1-16(2,3)13-8-6-12(7-9-13)14(15(17)19)18-10-4-5-11-18/h6-9,14H,4-5,10-11H2,1-3H3,(H2,17,19). The molecule has 1 aromatic rings. The van der Waals surface area contributed by atoms with Gasteiger partial charge in [0.25, 0.3) is 0 Å². The zero-order chi connectivity index (χ0) is 14.0. The van der Waals surface area contributed by atoms with Crippen molar-refractivity contribution in [3.05, 3.63) is 35.4 Å². The summed E-state index contributed by atoms with van der Waals surface area (Å²) in [5.74, 6) is -0.245. The summed E-state index contributed by atoms with van der Waals surface area (Å²) in [6.45, 7) is 8.50. The van der Waals surface area contributed by atoms with Crippen LogP contribution in [-0.2, 0) is 10.2 Å². The second-order valence-electron chi connectivity index (χ2n) is 6.42. The third-order valence-electron chi connectivity index (χ3n) is 3.87. The Morgan fingerprint density at radius 1 is 1.16 bits per heavy atom. The Balaban J connectivity index is 2.25. The van der Waals surface area contributed by atoms with Gasteiger partial charge in [-0.05, 0) is 42.5 Å². The first-order valence-corrected chi connectivity index (χ1v) is 7.03. The highest BCUT2D eigenvalue weighted by atomic mass is 16.1. The van der Waals surface area contributed by atoms with E-state index in [2.05, 4.69) is 37.8 Å². The van der Waals surface area contributed by atoms with E-state index in [0.717, 1.165) is 31.5 Å². The minimum atomic E-state index is -0.267. The van der Waals surface area contributed by atoms with Gasteiger partial charge in [-0.15, -0.1) is 0 Å². The van der Waals surface area contributed by atoms with Crippen molar-refractivity contribution >= 4 is 5.91 Å². The van der Waals surface area contributed by atoms with Gasteiger partial charge in [0.2, 0.25) is 5.91 Å². The molecule has 1 aliphatic rings. The quantitative estimate of drug-likeness (QED) is 0.908. The molecule has 0 saturated carbocycles. The van der Waals surface area contributed by atoms with Crippen molar-refractivity contribution in [3.8, 4) is 0 Å². The topological polar surface area (TPSA) is 46.3 Å². The van der Waals surface area contributed by atoms with Gasteiger partial charge < -0.3 is 5.73 Å². The first-order valence-electron chi connectivity index (χ1n) is 7.03. The SMILES string of the molecule is CC(C)(C)c1ccc(C(C(N)=O)N2CCCC2)cc1. The molecule has 3 nitrogen and oxygen atoms in total. The maximum atomic E-state index is 11.7. The molecule has 1 atom stereocenters. The fourth-order valence-electron chi connectivity index (χ4n) is 2.72. The summed E-state index contributed by atoms with van der Waals surface area (Å²) >= 11 is 0. The molecular weight excluding hydrogens is 236 g/mol. The summed E-state index contributed by atoms with van der Waals surface area (Å²) in [5, 5.41) is 0. The molecule has 1 saturated heterocycles. The fourth-order valence-corrected chi connectivity index (χ4v) is 2.72. The molecule has 19 heavy (non-hydrogen) atoms. The van der Waals surface area contributed by atoms with Crippen LogP contribution in [-0.4, -0.2) is 23.9 Å². The zero-order valence-electron chi connectivity index (χ0n) is 12.1. The number of rotatable bonds is 3. The average Bonchev–Trinajstić information content (AvgIpc) is 2.82. The molecule has 1 aliphatic heterocycles. The van der Waals surface area contributed by atoms with Crippen molar-refractivity contribution in [1.29, 1.82) is 0 Å². The number of benzene rings is 1. The highest BCUT2D eigenvalue weighted by molar-refractivity contribution is 5.81. The highest BCUT2D eigenvalue weighted by Gasteiger charge is 2.28. The number of nitrogens with zero attached hydrogens (tertiary/aromatic N) is 1. The summed E-state index contributed by atoms with van der Waals surface area (Å²) < 4.78 is 0. The fraction of sp³-hybridized carbons (Fsp3) is 0.562. The van der Waals surface area contributed by atoms with E-state index in [1.54, 1.807) is 0 Å². The number of carbonyl (C=O) groups is 1. The monoisotopic (exact) mass is 260 g/mol. The van der Waals surface area contributed by atoms with Gasteiger partial charge in [0.1, 0.15) is 6.04 Å². The van der Waals surface area contributed by atoms with Crippen molar-refractivity contribution in [2.75, 3.05) is 13.1 Å². The smallest absolute Gasteiger partial charge is 0.239 e. The van der Waals surface area contributed by atoms with Crippen LogP contribution in [0, 0.1) is 0 Å². The molecule has 0 aliphatic carbocycles. The van der Waals surface area contributed by atoms with Gasteiger partial charge in [0, 0.05) is 0 Å². The Bertz CT molecular complexity index is 439. The van der Waals surface area contributed by atoms with Crippen molar-refractivity contribution in [1.82, 2.24) is 4.90 Å². The minimum Gasteiger partial charge on any atom is -0.368 e. The second kappa shape index (κ2) is 5.33. The maximum absolute atomic E-state index is 11.7. The molecule has 0 radical (unpaired) electrons. The minimum absolute atomic E-state index is 0.133. The van der Waals surface area contributed by atoms with Crippen molar-refractivity contribution in [3.63, 3.8) is 0 Å². The van der Waals surface area contributed by atoms with E-state index in [9.17, 15) is 4.79 Å². The first kappa shape index (κ1) is 14.1. The van der Waals surface area contributed by atoms with Crippen LogP contribution >= 0.6 is 0 Å². The van der Waals surface area contributed by atoms with Crippen LogP contribution in [0.2, 0.25) is 0 Å². The van der Waals surface area contributed by atoms with Gasteiger partial charge in [-0.2, -0.15) is 0 Å². The van der Waals surface area contributed by atoms with E-state index < -0.39 is 0 Å². The van der Waals surface area contributed by atoms with Gasteiger partial charge in [-0.1, -0.05) is 45.0 Å². The summed E-state index contributed by atoms with van der Waals surface area (Å²) in [7, 11) is 0. The normalized spacial score (nSPS) is 18.5. The first-order chi connectivity index (χ1) is 8.89. The second-order valence-corrected chi connectivity index (χ2v) is 6.42. The molecule has 1 amide bonds. The molecule has 1 unspecified atom stereocenters. The van der Waals surface area contributed by atoms with Crippen molar-refractivity contribution < 1.29 is 4.79 Å². The molecule has 1 aromatic carbocycles. The average molecular weight is 260 g/mol. The molecular formula is C16H24N2O. The summed E-state index contributed by atoms with van der Waals surface area (Å²) in [5.41, 5.74) is 8.02. The van der Waals surface area contributed by atoms with E-state index in [1.807, 2.05) is 12.1 Å². The molecule has 104 valence electrons. The Morgan fingerprint density at radius 3 is 2.11 bits per heavy atom. The van der Waals surface area contributed by atoms with E-state index in [1.165, 1.54) is 5.56 Å². The Hall–Kier alpha value is -1.35. The molecule has 2 N–H and O–H groups in total. The van der Waals surface area contributed by atoms with Gasteiger partial charge in [0.15, 0.2) is 0 Å². The summed E-state index contributed by atoms with van der Waals surface area (Å²) in [6.07, 6.45) is 2.31. The number of amides is 1.